The summed E-state index contributed by atoms with van der Waals surface area (Å²) in [7, 11) is 4.08. The molecule has 4 rings (SSSR count). The molecule has 1 amide bonds. The minimum atomic E-state index is -1.04. The first-order valence-electron chi connectivity index (χ1n) is 13.2. The number of aliphatic hydroxyl groups is 1. The summed E-state index contributed by atoms with van der Waals surface area (Å²) in [5.74, 6) is -0.205. The van der Waals surface area contributed by atoms with Gasteiger partial charge in [0.2, 0.25) is 5.91 Å². The average molecular weight is 507 g/mol. The van der Waals surface area contributed by atoms with Crippen molar-refractivity contribution >= 4 is 35.1 Å². The Morgan fingerprint density at radius 3 is 2.30 bits per heavy atom. The van der Waals surface area contributed by atoms with Crippen molar-refractivity contribution in [2.75, 3.05) is 48.4 Å². The highest BCUT2D eigenvalue weighted by Gasteiger charge is 2.32. The van der Waals surface area contributed by atoms with Crippen LogP contribution in [-0.4, -0.2) is 66.9 Å². The first-order chi connectivity index (χ1) is 17.8. The predicted molar refractivity (Wildman–Crippen MR) is 147 cm³/mol. The molecule has 2 N–H and O–H groups in total. The molecule has 0 radical (unpaired) electrons. The molecule has 2 heterocycles. The molecule has 2 aromatic rings. The fourth-order valence-corrected chi connectivity index (χ4v) is 5.27. The van der Waals surface area contributed by atoms with Crippen molar-refractivity contribution in [1.82, 2.24) is 4.98 Å². The highest BCUT2D eigenvalue weighted by atomic mass is 16.4. The van der Waals surface area contributed by atoms with Crippen LogP contribution in [0.5, 0.6) is 0 Å². The summed E-state index contributed by atoms with van der Waals surface area (Å²) in [6.45, 7) is 2.45. The van der Waals surface area contributed by atoms with Crippen LogP contribution in [0, 0.1) is 11.8 Å². The van der Waals surface area contributed by atoms with E-state index in [0.717, 1.165) is 32.0 Å². The van der Waals surface area contributed by atoms with E-state index in [9.17, 15) is 14.7 Å². The maximum atomic E-state index is 13.7. The lowest BCUT2D eigenvalue weighted by Gasteiger charge is -2.37. The van der Waals surface area contributed by atoms with E-state index in [1.54, 1.807) is 6.07 Å². The van der Waals surface area contributed by atoms with Crippen LogP contribution in [0.4, 0.5) is 17.2 Å². The molecule has 1 aliphatic carbocycles. The number of aromatic nitrogens is 1. The summed E-state index contributed by atoms with van der Waals surface area (Å²) < 4.78 is 0. The van der Waals surface area contributed by atoms with Crippen molar-refractivity contribution in [3.05, 3.63) is 54.2 Å². The predicted octanol–water partition coefficient (Wildman–Crippen LogP) is 4.05. The van der Waals surface area contributed by atoms with Gasteiger partial charge >= 0.3 is 5.97 Å². The molecule has 37 heavy (non-hydrogen) atoms. The van der Waals surface area contributed by atoms with Gasteiger partial charge in [-0.25, -0.2) is 9.78 Å². The van der Waals surface area contributed by atoms with Gasteiger partial charge in [-0.15, -0.1) is 0 Å². The number of rotatable bonds is 8. The van der Waals surface area contributed by atoms with Crippen LogP contribution in [0.2, 0.25) is 0 Å². The summed E-state index contributed by atoms with van der Waals surface area (Å²) in [6, 6.07) is 14.0. The zero-order valence-corrected chi connectivity index (χ0v) is 21.8. The van der Waals surface area contributed by atoms with Gasteiger partial charge in [-0.1, -0.05) is 6.07 Å². The second kappa shape index (κ2) is 12.2. The minimum absolute atomic E-state index is 0.0560. The molecule has 8 heteroatoms. The SMILES string of the molecule is CN(C)c1ccc(N2CCC(CN(C(=O)C3CCC(O)CC3)c3cccc(C=CC(=O)O)n3)CC2)cc1. The Morgan fingerprint density at radius 1 is 1.00 bits per heavy atom. The normalized spacial score (nSPS) is 20.7. The van der Waals surface area contributed by atoms with Gasteiger partial charge in [-0.2, -0.15) is 0 Å². The van der Waals surface area contributed by atoms with Gasteiger partial charge in [0.25, 0.3) is 0 Å². The standard InChI is InChI=1S/C29H38N4O4/c1-31(2)24-9-11-25(12-10-24)32-18-16-21(17-19-32)20-33(29(37)22-6-13-26(34)14-7-22)27-5-3-4-23(30-27)8-15-28(35)36/h3-5,8-12,15,21-22,26,34H,6-7,13-14,16-20H2,1-2H3,(H,35,36). The number of aliphatic carboxylic acids is 1. The third-order valence-electron chi connectivity index (χ3n) is 7.53. The lowest BCUT2D eigenvalue weighted by Crippen LogP contribution is -2.44. The molecule has 1 aliphatic heterocycles. The number of carbonyl (C=O) groups is 2. The molecule has 0 unspecified atom stereocenters. The van der Waals surface area contributed by atoms with E-state index >= 15 is 0 Å². The first-order valence-corrected chi connectivity index (χ1v) is 13.2. The maximum Gasteiger partial charge on any atom is 0.328 e. The van der Waals surface area contributed by atoms with Crippen molar-refractivity contribution in [3.63, 3.8) is 0 Å². The third kappa shape index (κ3) is 7.10. The van der Waals surface area contributed by atoms with Crippen LogP contribution >= 0.6 is 0 Å². The van der Waals surface area contributed by atoms with E-state index in [4.69, 9.17) is 5.11 Å². The largest absolute Gasteiger partial charge is 0.478 e. The average Bonchev–Trinajstić information content (AvgIpc) is 2.91. The summed E-state index contributed by atoms with van der Waals surface area (Å²) in [4.78, 5) is 35.6. The lowest BCUT2D eigenvalue weighted by molar-refractivity contribution is -0.131. The number of aliphatic hydroxyl groups excluding tert-OH is 1. The molecule has 0 atom stereocenters. The van der Waals surface area contributed by atoms with E-state index in [-0.39, 0.29) is 17.9 Å². The number of carboxylic acids is 1. The van der Waals surface area contributed by atoms with Gasteiger partial charge < -0.3 is 20.0 Å². The number of nitrogens with zero attached hydrogens (tertiary/aromatic N) is 4. The van der Waals surface area contributed by atoms with Crippen molar-refractivity contribution < 1.29 is 19.8 Å². The molecular formula is C29H38N4O4. The topological polar surface area (TPSA) is 97.2 Å². The Kier molecular flexibility index (Phi) is 8.82. The van der Waals surface area contributed by atoms with Gasteiger partial charge in [0.05, 0.1) is 11.8 Å². The quantitative estimate of drug-likeness (QED) is 0.522. The van der Waals surface area contributed by atoms with Crippen molar-refractivity contribution in [2.24, 2.45) is 11.8 Å². The summed E-state index contributed by atoms with van der Waals surface area (Å²) in [5.41, 5.74) is 2.90. The van der Waals surface area contributed by atoms with Gasteiger partial charge in [0.1, 0.15) is 5.82 Å². The van der Waals surface area contributed by atoms with Crippen molar-refractivity contribution in [1.29, 1.82) is 0 Å². The lowest BCUT2D eigenvalue weighted by atomic mass is 9.86. The van der Waals surface area contributed by atoms with E-state index < -0.39 is 5.97 Å². The highest BCUT2D eigenvalue weighted by molar-refractivity contribution is 5.94. The fraction of sp³-hybridized carbons (Fsp3) is 0.483. The molecule has 8 nitrogen and oxygen atoms in total. The summed E-state index contributed by atoms with van der Waals surface area (Å²) in [5, 5.41) is 18.9. The Bertz CT molecular complexity index is 1090. The van der Waals surface area contributed by atoms with E-state index in [1.165, 1.54) is 17.5 Å². The van der Waals surface area contributed by atoms with Gasteiger partial charge in [-0.05, 0) is 86.9 Å². The molecule has 2 fully saturated rings. The Morgan fingerprint density at radius 2 is 1.68 bits per heavy atom. The zero-order valence-electron chi connectivity index (χ0n) is 21.8. The van der Waals surface area contributed by atoms with Crippen LogP contribution in [0.1, 0.15) is 44.2 Å². The second-order valence-corrected chi connectivity index (χ2v) is 10.4. The number of benzene rings is 1. The van der Waals surface area contributed by atoms with Crippen LogP contribution in [-0.2, 0) is 9.59 Å². The summed E-state index contributed by atoms with van der Waals surface area (Å²) >= 11 is 0. The van der Waals surface area contributed by atoms with Crippen LogP contribution < -0.4 is 14.7 Å². The molecule has 0 spiro atoms. The highest BCUT2D eigenvalue weighted by Crippen LogP contribution is 2.31. The number of carbonyl (C=O) groups excluding carboxylic acids is 1. The monoisotopic (exact) mass is 506 g/mol. The number of pyridine rings is 1. The fourth-order valence-electron chi connectivity index (χ4n) is 5.27. The Labute approximate surface area is 219 Å². The minimum Gasteiger partial charge on any atom is -0.478 e. The number of piperidine rings is 1. The molecule has 2 aliphatic rings. The van der Waals surface area contributed by atoms with Crippen LogP contribution in [0.25, 0.3) is 6.08 Å². The Balaban J connectivity index is 1.47. The molecule has 1 aromatic carbocycles. The number of hydrogen-bond donors (Lipinski definition) is 2. The molecule has 0 bridgehead atoms. The second-order valence-electron chi connectivity index (χ2n) is 10.4. The van der Waals surface area contributed by atoms with E-state index in [2.05, 4.69) is 39.0 Å². The molecule has 198 valence electrons. The van der Waals surface area contributed by atoms with E-state index in [1.807, 2.05) is 31.1 Å². The molecule has 1 aromatic heterocycles. The Hall–Kier alpha value is -3.39. The number of hydrogen-bond acceptors (Lipinski definition) is 6. The number of anilines is 3. The van der Waals surface area contributed by atoms with Crippen molar-refractivity contribution in [2.45, 2.75) is 44.6 Å². The van der Waals surface area contributed by atoms with Gasteiger partial charge in [0, 0.05) is 57.1 Å². The van der Waals surface area contributed by atoms with E-state index in [0.29, 0.717) is 49.7 Å². The smallest absolute Gasteiger partial charge is 0.328 e. The molecule has 1 saturated carbocycles. The maximum absolute atomic E-state index is 13.7. The first kappa shape index (κ1) is 26.7. The van der Waals surface area contributed by atoms with Gasteiger partial charge in [0.15, 0.2) is 0 Å². The van der Waals surface area contributed by atoms with Crippen LogP contribution in [0.3, 0.4) is 0 Å². The summed E-state index contributed by atoms with van der Waals surface area (Å²) in [6.07, 6.45) is 6.77. The van der Waals surface area contributed by atoms with Crippen molar-refractivity contribution in [3.8, 4) is 0 Å². The van der Waals surface area contributed by atoms with Crippen LogP contribution in [0.15, 0.2) is 48.5 Å². The van der Waals surface area contributed by atoms with Gasteiger partial charge in [-0.3, -0.25) is 9.69 Å². The zero-order chi connectivity index (χ0) is 26.4. The number of amides is 1. The third-order valence-corrected chi connectivity index (χ3v) is 7.53. The number of carboxylic acid groups (broad SMARTS) is 1. The molecular weight excluding hydrogens is 468 g/mol. The molecule has 1 saturated heterocycles.